The van der Waals surface area contributed by atoms with Crippen LogP contribution in [0.1, 0.15) is 46.6 Å². The number of sulfonamides is 1. The topological polar surface area (TPSA) is 147 Å². The van der Waals surface area contributed by atoms with Gasteiger partial charge in [0, 0.05) is 41.5 Å². The molecule has 12 heteroatoms. The van der Waals surface area contributed by atoms with Gasteiger partial charge in [0.25, 0.3) is 0 Å². The molecule has 1 aromatic heterocycles. The zero-order valence-corrected chi connectivity index (χ0v) is 24.2. The smallest absolute Gasteiger partial charge is 0.411 e. The number of anilines is 1. The molecule has 0 atom stereocenters. The molecule has 0 aliphatic rings. The number of rotatable bonds is 10. The van der Waals surface area contributed by atoms with E-state index in [1.54, 1.807) is 71.1 Å². The van der Waals surface area contributed by atoms with Crippen molar-refractivity contribution < 1.29 is 27.9 Å². The van der Waals surface area contributed by atoms with E-state index in [2.05, 4.69) is 20.3 Å². The van der Waals surface area contributed by atoms with Gasteiger partial charge in [-0.15, -0.1) is 11.3 Å². The molecule has 4 N–H and O–H groups in total. The molecule has 1 heterocycles. The minimum absolute atomic E-state index is 0.0302. The average Bonchev–Trinajstić information content (AvgIpc) is 3.31. The molecule has 0 aliphatic heterocycles. The lowest BCUT2D eigenvalue weighted by molar-refractivity contribution is -0.121. The van der Waals surface area contributed by atoms with Crippen LogP contribution < -0.4 is 15.4 Å². The molecule has 0 saturated carbocycles. The molecule has 2 aromatic carbocycles. The molecule has 3 rings (SSSR count). The summed E-state index contributed by atoms with van der Waals surface area (Å²) in [5.41, 5.74) is 1.75. The number of aromatic nitrogens is 1. The van der Waals surface area contributed by atoms with Crippen LogP contribution in [0.4, 0.5) is 10.5 Å². The van der Waals surface area contributed by atoms with Gasteiger partial charge in [0.05, 0.1) is 22.5 Å². The number of thiazole rings is 1. The van der Waals surface area contributed by atoms with E-state index in [0.717, 1.165) is 5.56 Å². The van der Waals surface area contributed by atoms with Gasteiger partial charge in [0.15, 0.2) is 0 Å². The number of hydrogen-bond acceptors (Lipinski definition) is 8. The third-order valence-electron chi connectivity index (χ3n) is 5.10. The number of nitrogens with one attached hydrogen (secondary N) is 3. The van der Waals surface area contributed by atoms with Gasteiger partial charge >= 0.3 is 6.09 Å². The molecule has 0 bridgehead atoms. The van der Waals surface area contributed by atoms with Crippen molar-refractivity contribution in [2.45, 2.75) is 64.1 Å². The van der Waals surface area contributed by atoms with Gasteiger partial charge in [0.1, 0.15) is 5.01 Å². The summed E-state index contributed by atoms with van der Waals surface area (Å²) in [6.45, 7) is 8.67. The summed E-state index contributed by atoms with van der Waals surface area (Å²) in [5, 5.41) is 15.0. The fourth-order valence-corrected chi connectivity index (χ4v) is 6.26. The van der Waals surface area contributed by atoms with Crippen molar-refractivity contribution in [2.24, 2.45) is 0 Å². The van der Waals surface area contributed by atoms with Crippen molar-refractivity contribution >= 4 is 39.0 Å². The number of amides is 2. The van der Waals surface area contributed by atoms with Crippen LogP contribution >= 0.6 is 11.3 Å². The second-order valence-corrected chi connectivity index (χ2v) is 12.8. The van der Waals surface area contributed by atoms with E-state index in [4.69, 9.17) is 9.84 Å². The standard InChI is InChI=1S/C27H34N4O6S2/c1-17(2)37-26(34)30-20-9-7-19(8-10-20)25-29-16-22(38-25)21-11-6-18(15-28-24(33)12-13-32)14-23(21)39(35,36)31-27(3,4)5/h6-11,14,16-17,31-32H,12-13,15H2,1-5H3,(H,28,33)(H,30,34). The zero-order valence-electron chi connectivity index (χ0n) is 22.6. The van der Waals surface area contributed by atoms with Gasteiger partial charge in [-0.05, 0) is 70.5 Å². The second kappa shape index (κ2) is 12.7. The minimum atomic E-state index is -3.93. The summed E-state index contributed by atoms with van der Waals surface area (Å²) in [5.74, 6) is -0.330. The van der Waals surface area contributed by atoms with Gasteiger partial charge in [0.2, 0.25) is 15.9 Å². The normalized spacial score (nSPS) is 11.9. The summed E-state index contributed by atoms with van der Waals surface area (Å²) in [6, 6.07) is 12.1. The number of carbonyl (C=O) groups is 2. The molecule has 210 valence electrons. The van der Waals surface area contributed by atoms with Crippen LogP contribution in [0.5, 0.6) is 0 Å². The number of ether oxygens (including phenoxy) is 1. The summed E-state index contributed by atoms with van der Waals surface area (Å²) < 4.78 is 34.6. The summed E-state index contributed by atoms with van der Waals surface area (Å²) in [6.07, 6.45) is 0.824. The first-order valence-corrected chi connectivity index (χ1v) is 14.7. The van der Waals surface area contributed by atoms with Gasteiger partial charge < -0.3 is 15.2 Å². The maximum absolute atomic E-state index is 13.4. The molecule has 0 unspecified atom stereocenters. The van der Waals surface area contributed by atoms with Crippen molar-refractivity contribution in [1.82, 2.24) is 15.0 Å². The fraction of sp³-hybridized carbons (Fsp3) is 0.370. The summed E-state index contributed by atoms with van der Waals surface area (Å²) in [4.78, 5) is 28.9. The third kappa shape index (κ3) is 8.85. The molecule has 39 heavy (non-hydrogen) atoms. The first kappa shape index (κ1) is 30.2. The Hall–Kier alpha value is -3.32. The Balaban J connectivity index is 1.91. The van der Waals surface area contributed by atoms with Gasteiger partial charge in [-0.3, -0.25) is 10.1 Å². The van der Waals surface area contributed by atoms with E-state index < -0.39 is 21.7 Å². The number of benzene rings is 2. The highest BCUT2D eigenvalue weighted by atomic mass is 32.2. The van der Waals surface area contributed by atoms with Gasteiger partial charge in [-0.2, -0.15) is 0 Å². The van der Waals surface area contributed by atoms with Crippen molar-refractivity contribution in [3.05, 3.63) is 54.2 Å². The Labute approximate surface area is 232 Å². The molecule has 2 amide bonds. The Bertz CT molecular complexity index is 1410. The van der Waals surface area contributed by atoms with Crippen molar-refractivity contribution in [3.8, 4) is 21.0 Å². The van der Waals surface area contributed by atoms with Crippen LogP contribution in [-0.4, -0.2) is 48.8 Å². The van der Waals surface area contributed by atoms with E-state index in [-0.39, 0.29) is 36.5 Å². The quantitative estimate of drug-likeness (QED) is 0.279. The predicted molar refractivity (Wildman–Crippen MR) is 152 cm³/mol. The molecule has 3 aromatic rings. The third-order valence-corrected chi connectivity index (χ3v) is 7.97. The van der Waals surface area contributed by atoms with Crippen LogP contribution in [0.3, 0.4) is 0 Å². The Morgan fingerprint density at radius 2 is 1.79 bits per heavy atom. The van der Waals surface area contributed by atoms with E-state index in [1.165, 1.54) is 11.3 Å². The number of hydrogen-bond donors (Lipinski definition) is 4. The minimum Gasteiger partial charge on any atom is -0.447 e. The lowest BCUT2D eigenvalue weighted by atomic mass is 10.1. The van der Waals surface area contributed by atoms with Crippen molar-refractivity contribution in [1.29, 1.82) is 0 Å². The second-order valence-electron chi connectivity index (χ2n) is 10.1. The monoisotopic (exact) mass is 574 g/mol. The molecule has 0 fully saturated rings. The number of nitrogens with zero attached hydrogens (tertiary/aromatic N) is 1. The predicted octanol–water partition coefficient (Wildman–Crippen LogP) is 4.51. The molecule has 0 spiro atoms. The highest BCUT2D eigenvalue weighted by molar-refractivity contribution is 7.89. The molecule has 10 nitrogen and oxygen atoms in total. The number of aliphatic hydroxyl groups is 1. The lowest BCUT2D eigenvalue weighted by Gasteiger charge is -2.22. The average molecular weight is 575 g/mol. The van der Waals surface area contributed by atoms with E-state index in [0.29, 0.717) is 26.7 Å². The maximum Gasteiger partial charge on any atom is 0.411 e. The van der Waals surface area contributed by atoms with Gasteiger partial charge in [-0.1, -0.05) is 12.1 Å². The van der Waals surface area contributed by atoms with Crippen LogP contribution in [0.15, 0.2) is 53.6 Å². The van der Waals surface area contributed by atoms with E-state index in [1.807, 2.05) is 12.1 Å². The Morgan fingerprint density at radius 3 is 2.41 bits per heavy atom. The molecule has 0 aliphatic carbocycles. The summed E-state index contributed by atoms with van der Waals surface area (Å²) in [7, 11) is -3.93. The van der Waals surface area contributed by atoms with Crippen LogP contribution in [0.2, 0.25) is 0 Å². The van der Waals surface area contributed by atoms with Crippen LogP contribution in [0.25, 0.3) is 21.0 Å². The Kier molecular flexibility index (Phi) is 9.83. The first-order valence-electron chi connectivity index (χ1n) is 12.4. The lowest BCUT2D eigenvalue weighted by Crippen LogP contribution is -2.40. The van der Waals surface area contributed by atoms with Crippen molar-refractivity contribution in [3.63, 3.8) is 0 Å². The molecule has 0 saturated heterocycles. The zero-order chi connectivity index (χ0) is 28.8. The maximum atomic E-state index is 13.4. The molecular formula is C27H34N4O6S2. The van der Waals surface area contributed by atoms with E-state index in [9.17, 15) is 18.0 Å². The highest BCUT2D eigenvalue weighted by Gasteiger charge is 2.26. The molecule has 0 radical (unpaired) electrons. The van der Waals surface area contributed by atoms with Gasteiger partial charge in [-0.25, -0.2) is 22.9 Å². The highest BCUT2D eigenvalue weighted by Crippen LogP contribution is 2.36. The first-order chi connectivity index (χ1) is 18.3. The van der Waals surface area contributed by atoms with Crippen LogP contribution in [-0.2, 0) is 26.1 Å². The molecular weight excluding hydrogens is 540 g/mol. The number of aliphatic hydroxyl groups excluding tert-OH is 1. The number of carbonyl (C=O) groups excluding carboxylic acids is 2. The fourth-order valence-electron chi connectivity index (χ4n) is 3.54. The summed E-state index contributed by atoms with van der Waals surface area (Å²) >= 11 is 1.33. The van der Waals surface area contributed by atoms with E-state index >= 15 is 0 Å². The van der Waals surface area contributed by atoms with Crippen molar-refractivity contribution in [2.75, 3.05) is 11.9 Å². The SMILES string of the molecule is CC(C)OC(=O)Nc1ccc(-c2ncc(-c3ccc(CNC(=O)CCO)cc3S(=O)(=O)NC(C)(C)C)s2)cc1. The van der Waals surface area contributed by atoms with Crippen LogP contribution in [0, 0.1) is 0 Å². The Morgan fingerprint density at radius 1 is 1.10 bits per heavy atom. The largest absolute Gasteiger partial charge is 0.447 e.